The Morgan fingerprint density at radius 2 is 1.65 bits per heavy atom. The van der Waals surface area contributed by atoms with Gasteiger partial charge in [0, 0.05) is 10.6 Å². The largest absolute Gasteiger partial charge is 0.478 e. The minimum absolute atomic E-state index is 0.275. The van der Waals surface area contributed by atoms with E-state index >= 15 is 0 Å². The molecule has 0 atom stereocenters. The van der Waals surface area contributed by atoms with Crippen molar-refractivity contribution in [3.8, 4) is 11.1 Å². The first-order chi connectivity index (χ1) is 9.66. The summed E-state index contributed by atoms with van der Waals surface area (Å²) in [6.45, 7) is 0. The van der Waals surface area contributed by atoms with Crippen LogP contribution in [0.5, 0.6) is 0 Å². The minimum Gasteiger partial charge on any atom is -0.478 e. The lowest BCUT2D eigenvalue weighted by atomic mass is 9.97. The molecule has 3 aromatic carbocycles. The highest BCUT2D eigenvalue weighted by Gasteiger charge is 2.09. The van der Waals surface area contributed by atoms with Gasteiger partial charge in [0.1, 0.15) is 0 Å². The fraction of sp³-hybridized carbons (Fsp3) is 0. The van der Waals surface area contributed by atoms with Gasteiger partial charge in [-0.3, -0.25) is 0 Å². The van der Waals surface area contributed by atoms with Gasteiger partial charge >= 0.3 is 5.97 Å². The summed E-state index contributed by atoms with van der Waals surface area (Å²) in [6.07, 6.45) is 0. The van der Waals surface area contributed by atoms with Gasteiger partial charge < -0.3 is 5.11 Å². The Labute approximate surface area is 121 Å². The lowest BCUT2D eigenvalue weighted by Gasteiger charge is -2.09. The fourth-order valence-corrected chi connectivity index (χ4v) is 2.56. The van der Waals surface area contributed by atoms with E-state index in [1.165, 1.54) is 0 Å². The molecule has 0 aliphatic rings. The van der Waals surface area contributed by atoms with E-state index in [-0.39, 0.29) is 5.56 Å². The van der Waals surface area contributed by atoms with Crippen LogP contribution in [-0.2, 0) is 0 Å². The van der Waals surface area contributed by atoms with E-state index < -0.39 is 5.97 Å². The normalized spacial score (nSPS) is 10.7. The van der Waals surface area contributed by atoms with Crippen molar-refractivity contribution in [2.24, 2.45) is 0 Å². The van der Waals surface area contributed by atoms with Crippen LogP contribution >= 0.6 is 11.6 Å². The number of rotatable bonds is 2. The highest BCUT2D eigenvalue weighted by molar-refractivity contribution is 6.33. The Morgan fingerprint density at radius 1 is 0.900 bits per heavy atom. The van der Waals surface area contributed by atoms with Crippen LogP contribution in [0.1, 0.15) is 10.4 Å². The lowest BCUT2D eigenvalue weighted by Crippen LogP contribution is -1.95. The molecular weight excluding hydrogens is 272 g/mol. The van der Waals surface area contributed by atoms with Crippen LogP contribution in [0, 0.1) is 0 Å². The molecular formula is C17H11ClO2. The van der Waals surface area contributed by atoms with Crippen molar-refractivity contribution in [3.05, 3.63) is 71.2 Å². The summed E-state index contributed by atoms with van der Waals surface area (Å²) >= 11 is 6.25. The summed E-state index contributed by atoms with van der Waals surface area (Å²) in [6, 6.07) is 18.5. The maximum atomic E-state index is 11.1. The van der Waals surface area contributed by atoms with Gasteiger partial charge in [0.25, 0.3) is 0 Å². The third kappa shape index (κ3) is 2.15. The first-order valence-electron chi connectivity index (χ1n) is 6.18. The Kier molecular flexibility index (Phi) is 3.17. The van der Waals surface area contributed by atoms with E-state index in [1.54, 1.807) is 12.1 Å². The van der Waals surface area contributed by atoms with Crippen LogP contribution in [0.2, 0.25) is 5.02 Å². The summed E-state index contributed by atoms with van der Waals surface area (Å²) in [5.41, 5.74) is 2.12. The number of aromatic carboxylic acids is 1. The first-order valence-corrected chi connectivity index (χ1v) is 6.55. The minimum atomic E-state index is -0.930. The van der Waals surface area contributed by atoms with Crippen molar-refractivity contribution in [1.29, 1.82) is 0 Å². The van der Waals surface area contributed by atoms with Gasteiger partial charge in [-0.2, -0.15) is 0 Å². The molecule has 20 heavy (non-hydrogen) atoms. The van der Waals surface area contributed by atoms with E-state index in [9.17, 15) is 4.79 Å². The standard InChI is InChI=1S/C17H11ClO2/c18-16-7-2-1-5-14(16)13-6-3-4-11-8-9-12(17(19)20)10-15(11)13/h1-10H,(H,19,20). The van der Waals surface area contributed by atoms with Crippen molar-refractivity contribution in [1.82, 2.24) is 0 Å². The maximum Gasteiger partial charge on any atom is 0.335 e. The van der Waals surface area contributed by atoms with Crippen LogP contribution in [-0.4, -0.2) is 11.1 Å². The summed E-state index contributed by atoms with van der Waals surface area (Å²) in [5.74, 6) is -0.930. The molecule has 0 heterocycles. The molecule has 3 aromatic rings. The van der Waals surface area contributed by atoms with Gasteiger partial charge in [-0.05, 0) is 34.5 Å². The summed E-state index contributed by atoms with van der Waals surface area (Å²) in [5, 5.41) is 11.7. The molecule has 0 aromatic heterocycles. The predicted molar refractivity (Wildman–Crippen MR) is 81.4 cm³/mol. The monoisotopic (exact) mass is 282 g/mol. The van der Waals surface area contributed by atoms with Crippen molar-refractivity contribution >= 4 is 28.3 Å². The molecule has 98 valence electrons. The number of hydrogen-bond acceptors (Lipinski definition) is 1. The Morgan fingerprint density at radius 3 is 2.40 bits per heavy atom. The van der Waals surface area contributed by atoms with E-state index in [0.717, 1.165) is 21.9 Å². The molecule has 0 fully saturated rings. The second-order valence-electron chi connectivity index (χ2n) is 4.53. The smallest absolute Gasteiger partial charge is 0.335 e. The highest BCUT2D eigenvalue weighted by atomic mass is 35.5. The number of benzene rings is 3. The number of hydrogen-bond donors (Lipinski definition) is 1. The molecule has 0 aliphatic carbocycles. The van der Waals surface area contributed by atoms with Crippen LogP contribution < -0.4 is 0 Å². The third-order valence-electron chi connectivity index (χ3n) is 3.29. The van der Waals surface area contributed by atoms with Crippen LogP contribution in [0.15, 0.2) is 60.7 Å². The number of halogens is 1. The Balaban J connectivity index is 2.33. The molecule has 2 nitrogen and oxygen atoms in total. The van der Waals surface area contributed by atoms with Crippen molar-refractivity contribution in [2.75, 3.05) is 0 Å². The molecule has 3 rings (SSSR count). The summed E-state index contributed by atoms with van der Waals surface area (Å²) < 4.78 is 0. The van der Waals surface area contributed by atoms with E-state index in [0.29, 0.717) is 5.02 Å². The van der Waals surface area contributed by atoms with Crippen LogP contribution in [0.3, 0.4) is 0 Å². The van der Waals surface area contributed by atoms with E-state index in [2.05, 4.69) is 0 Å². The zero-order valence-electron chi connectivity index (χ0n) is 10.5. The highest BCUT2D eigenvalue weighted by Crippen LogP contribution is 2.33. The molecule has 0 spiro atoms. The summed E-state index contributed by atoms with van der Waals surface area (Å²) in [7, 11) is 0. The van der Waals surface area contributed by atoms with Crippen LogP contribution in [0.25, 0.3) is 21.9 Å². The van der Waals surface area contributed by atoms with Crippen molar-refractivity contribution in [2.45, 2.75) is 0 Å². The molecule has 0 saturated carbocycles. The van der Waals surface area contributed by atoms with E-state index in [4.69, 9.17) is 16.7 Å². The van der Waals surface area contributed by atoms with Crippen LogP contribution in [0.4, 0.5) is 0 Å². The van der Waals surface area contributed by atoms with E-state index in [1.807, 2.05) is 48.5 Å². The van der Waals surface area contributed by atoms with Gasteiger partial charge in [-0.15, -0.1) is 0 Å². The van der Waals surface area contributed by atoms with Gasteiger partial charge in [0.05, 0.1) is 5.56 Å². The van der Waals surface area contributed by atoms with Gasteiger partial charge in [-0.25, -0.2) is 4.79 Å². The molecule has 1 N–H and O–H groups in total. The quantitative estimate of drug-likeness (QED) is 0.729. The number of carbonyl (C=O) groups is 1. The Bertz CT molecular complexity index is 809. The first kappa shape index (κ1) is 12.7. The molecule has 0 radical (unpaired) electrons. The molecule has 0 saturated heterocycles. The molecule has 0 amide bonds. The molecule has 0 aliphatic heterocycles. The average Bonchev–Trinajstić information content (AvgIpc) is 2.46. The lowest BCUT2D eigenvalue weighted by molar-refractivity contribution is 0.0697. The number of carboxylic acids is 1. The average molecular weight is 283 g/mol. The SMILES string of the molecule is O=C(O)c1ccc2cccc(-c3ccccc3Cl)c2c1. The Hall–Kier alpha value is -2.32. The van der Waals surface area contributed by atoms with Crippen molar-refractivity contribution in [3.63, 3.8) is 0 Å². The molecule has 0 bridgehead atoms. The topological polar surface area (TPSA) is 37.3 Å². The zero-order chi connectivity index (χ0) is 14.1. The van der Waals surface area contributed by atoms with Gasteiger partial charge in [-0.1, -0.05) is 54.1 Å². The molecule has 3 heteroatoms. The predicted octanol–water partition coefficient (Wildman–Crippen LogP) is 4.86. The van der Waals surface area contributed by atoms with Crippen molar-refractivity contribution < 1.29 is 9.90 Å². The molecule has 0 unspecified atom stereocenters. The van der Waals surface area contributed by atoms with Gasteiger partial charge in [0.2, 0.25) is 0 Å². The number of carboxylic acid groups (broad SMARTS) is 1. The van der Waals surface area contributed by atoms with Gasteiger partial charge in [0.15, 0.2) is 0 Å². The maximum absolute atomic E-state index is 11.1. The number of fused-ring (bicyclic) bond motifs is 1. The zero-order valence-corrected chi connectivity index (χ0v) is 11.3. The summed E-state index contributed by atoms with van der Waals surface area (Å²) in [4.78, 5) is 11.1. The third-order valence-corrected chi connectivity index (χ3v) is 3.62. The fourth-order valence-electron chi connectivity index (χ4n) is 2.32. The second-order valence-corrected chi connectivity index (χ2v) is 4.93. The second kappa shape index (κ2) is 4.99.